The quantitative estimate of drug-likeness (QED) is 0.520. The number of hydrogen-bond acceptors (Lipinski definition) is 4. The first-order valence-electron chi connectivity index (χ1n) is 9.68. The van der Waals surface area contributed by atoms with Crippen molar-refractivity contribution in [3.05, 3.63) is 58.2 Å². The second-order valence-corrected chi connectivity index (χ2v) is 8.27. The van der Waals surface area contributed by atoms with Crippen molar-refractivity contribution >= 4 is 17.0 Å². The molecule has 4 nitrogen and oxygen atoms in total. The van der Waals surface area contributed by atoms with Gasteiger partial charge in [0.15, 0.2) is 4.80 Å². The third kappa shape index (κ3) is 3.72. The van der Waals surface area contributed by atoms with E-state index in [1.54, 1.807) is 25.6 Å². The maximum atomic E-state index is 5.62. The maximum Gasteiger partial charge on any atom is 0.190 e. The van der Waals surface area contributed by atoms with Gasteiger partial charge in [-0.25, -0.2) is 4.99 Å². The van der Waals surface area contributed by atoms with Gasteiger partial charge in [-0.05, 0) is 54.7 Å². The molecule has 5 heteroatoms. The minimum Gasteiger partial charge on any atom is -0.497 e. The first-order valence-corrected chi connectivity index (χ1v) is 10.6. The molecule has 0 amide bonds. The Morgan fingerprint density at radius 2 is 1.79 bits per heavy atom. The Balaban J connectivity index is 1.81. The van der Waals surface area contributed by atoms with Crippen molar-refractivity contribution in [2.24, 2.45) is 4.99 Å². The number of hydrogen-bond donors (Lipinski definition) is 0. The van der Waals surface area contributed by atoms with Gasteiger partial charge in [0, 0.05) is 17.0 Å². The number of nitrogens with zero attached hydrogens (tertiary/aromatic N) is 2. The third-order valence-corrected chi connectivity index (χ3v) is 5.96. The molecule has 1 heterocycles. The summed E-state index contributed by atoms with van der Waals surface area (Å²) in [5, 5.41) is 2.18. The Hall–Kier alpha value is -2.53. The van der Waals surface area contributed by atoms with E-state index in [0.717, 1.165) is 33.2 Å². The van der Waals surface area contributed by atoms with E-state index in [0.29, 0.717) is 12.0 Å². The molecular weight excluding hydrogens is 368 g/mol. The molecule has 2 aromatic carbocycles. The molecule has 1 aromatic heterocycles. The highest BCUT2D eigenvalue weighted by Gasteiger charge is 2.28. The molecule has 1 aliphatic carbocycles. The molecule has 1 aliphatic rings. The standard InChI is InChI=1S/C23H26N2O2S/c1-15(2)16-5-7-17(8-6-16)24-23-25(18-9-10-18)21(14-28-23)20-13-19(26-3)11-12-22(20)27-4/h5-8,11-15,18H,9-10H2,1-4H3. The number of ether oxygens (including phenoxy) is 2. The maximum absolute atomic E-state index is 5.62. The van der Waals surface area contributed by atoms with Crippen molar-refractivity contribution in [3.8, 4) is 22.8 Å². The molecule has 146 valence electrons. The fraction of sp³-hybridized carbons (Fsp3) is 0.348. The second-order valence-electron chi connectivity index (χ2n) is 7.43. The van der Waals surface area contributed by atoms with Crippen molar-refractivity contribution in [2.45, 2.75) is 38.6 Å². The van der Waals surface area contributed by atoms with E-state index in [1.165, 1.54) is 18.4 Å². The summed E-state index contributed by atoms with van der Waals surface area (Å²) < 4.78 is 13.4. The fourth-order valence-electron chi connectivity index (χ4n) is 3.34. The van der Waals surface area contributed by atoms with Gasteiger partial charge in [-0.15, -0.1) is 11.3 Å². The van der Waals surface area contributed by atoms with E-state index in [1.807, 2.05) is 18.2 Å². The molecule has 0 atom stereocenters. The predicted molar refractivity (Wildman–Crippen MR) is 115 cm³/mol. The summed E-state index contributed by atoms with van der Waals surface area (Å²) >= 11 is 1.68. The molecule has 1 saturated carbocycles. The van der Waals surface area contributed by atoms with Crippen molar-refractivity contribution < 1.29 is 9.47 Å². The van der Waals surface area contributed by atoms with E-state index in [4.69, 9.17) is 14.5 Å². The van der Waals surface area contributed by atoms with E-state index in [2.05, 4.69) is 48.1 Å². The molecule has 4 rings (SSSR count). The van der Waals surface area contributed by atoms with Crippen molar-refractivity contribution in [1.29, 1.82) is 0 Å². The van der Waals surface area contributed by atoms with Crippen molar-refractivity contribution in [3.63, 3.8) is 0 Å². The summed E-state index contributed by atoms with van der Waals surface area (Å²) in [4.78, 5) is 5.98. The molecule has 0 radical (unpaired) electrons. The monoisotopic (exact) mass is 394 g/mol. The van der Waals surface area contributed by atoms with E-state index in [-0.39, 0.29) is 0 Å². The molecule has 0 N–H and O–H groups in total. The largest absolute Gasteiger partial charge is 0.497 e. The molecule has 0 unspecified atom stereocenters. The number of rotatable bonds is 6. The highest BCUT2D eigenvalue weighted by Crippen LogP contribution is 2.41. The van der Waals surface area contributed by atoms with Crippen LogP contribution in [0.25, 0.3) is 11.3 Å². The average molecular weight is 395 g/mol. The number of methoxy groups -OCH3 is 2. The Morgan fingerprint density at radius 1 is 1.04 bits per heavy atom. The van der Waals surface area contributed by atoms with Crippen LogP contribution >= 0.6 is 11.3 Å². The number of aromatic nitrogens is 1. The van der Waals surface area contributed by atoms with Gasteiger partial charge in [-0.1, -0.05) is 26.0 Å². The van der Waals surface area contributed by atoms with Crippen LogP contribution in [0.15, 0.2) is 52.8 Å². The lowest BCUT2D eigenvalue weighted by Gasteiger charge is -2.13. The smallest absolute Gasteiger partial charge is 0.190 e. The summed E-state index contributed by atoms with van der Waals surface area (Å²) in [6, 6.07) is 15.0. The lowest BCUT2D eigenvalue weighted by molar-refractivity contribution is 0.404. The summed E-state index contributed by atoms with van der Waals surface area (Å²) in [5.41, 5.74) is 4.51. The Bertz CT molecular complexity index is 1030. The molecule has 0 bridgehead atoms. The SMILES string of the molecule is COc1ccc(OC)c(-c2csc(=Nc3ccc(C(C)C)cc3)n2C2CC2)c1. The van der Waals surface area contributed by atoms with Gasteiger partial charge in [0.05, 0.1) is 25.6 Å². The first kappa shape index (κ1) is 18.8. The van der Waals surface area contributed by atoms with E-state index in [9.17, 15) is 0 Å². The van der Waals surface area contributed by atoms with Crippen LogP contribution in [0, 0.1) is 0 Å². The first-order chi connectivity index (χ1) is 13.6. The molecule has 1 fully saturated rings. The van der Waals surface area contributed by atoms with Crippen LogP contribution in [0.4, 0.5) is 5.69 Å². The summed E-state index contributed by atoms with van der Waals surface area (Å²) in [6.07, 6.45) is 2.38. The van der Waals surface area contributed by atoms with Crippen LogP contribution < -0.4 is 14.3 Å². The zero-order valence-corrected chi connectivity index (χ0v) is 17.6. The molecule has 0 saturated heterocycles. The molecule has 3 aromatic rings. The van der Waals surface area contributed by atoms with Crippen LogP contribution in [0.5, 0.6) is 11.5 Å². The highest BCUT2D eigenvalue weighted by atomic mass is 32.1. The van der Waals surface area contributed by atoms with Crippen molar-refractivity contribution in [2.75, 3.05) is 14.2 Å². The van der Waals surface area contributed by atoms with Crippen LogP contribution in [-0.2, 0) is 0 Å². The summed E-state index contributed by atoms with van der Waals surface area (Å²) in [6.45, 7) is 4.42. The summed E-state index contributed by atoms with van der Waals surface area (Å²) in [5.74, 6) is 2.20. The summed E-state index contributed by atoms with van der Waals surface area (Å²) in [7, 11) is 3.40. The fourth-order valence-corrected chi connectivity index (χ4v) is 4.32. The molecular formula is C23H26N2O2S. The van der Waals surface area contributed by atoms with Gasteiger partial charge in [0.1, 0.15) is 11.5 Å². The Morgan fingerprint density at radius 3 is 2.39 bits per heavy atom. The zero-order chi connectivity index (χ0) is 19.7. The van der Waals surface area contributed by atoms with Gasteiger partial charge >= 0.3 is 0 Å². The normalized spacial score (nSPS) is 14.5. The molecule has 28 heavy (non-hydrogen) atoms. The van der Waals surface area contributed by atoms with Gasteiger partial charge < -0.3 is 14.0 Å². The topological polar surface area (TPSA) is 35.8 Å². The number of benzene rings is 2. The van der Waals surface area contributed by atoms with Gasteiger partial charge in [-0.2, -0.15) is 0 Å². The molecule has 0 spiro atoms. The van der Waals surface area contributed by atoms with Gasteiger partial charge in [0.25, 0.3) is 0 Å². The van der Waals surface area contributed by atoms with E-state index < -0.39 is 0 Å². The third-order valence-electron chi connectivity index (χ3n) is 5.12. The lowest BCUT2D eigenvalue weighted by Crippen LogP contribution is -2.14. The van der Waals surface area contributed by atoms with E-state index >= 15 is 0 Å². The van der Waals surface area contributed by atoms with Gasteiger partial charge in [-0.3, -0.25) is 0 Å². The Labute approximate surface area is 170 Å². The number of thiazole rings is 1. The van der Waals surface area contributed by atoms with Crippen LogP contribution in [0.2, 0.25) is 0 Å². The van der Waals surface area contributed by atoms with Crippen molar-refractivity contribution in [1.82, 2.24) is 4.57 Å². The molecule has 0 aliphatic heterocycles. The highest BCUT2D eigenvalue weighted by molar-refractivity contribution is 7.07. The predicted octanol–water partition coefficient (Wildman–Crippen LogP) is 5.92. The van der Waals surface area contributed by atoms with Crippen LogP contribution in [-0.4, -0.2) is 18.8 Å². The average Bonchev–Trinajstić information content (AvgIpc) is 3.48. The van der Waals surface area contributed by atoms with Gasteiger partial charge in [0.2, 0.25) is 0 Å². The zero-order valence-electron chi connectivity index (χ0n) is 16.8. The second kappa shape index (κ2) is 7.84. The van der Waals surface area contributed by atoms with Crippen LogP contribution in [0.3, 0.4) is 0 Å². The van der Waals surface area contributed by atoms with Crippen LogP contribution in [0.1, 0.15) is 44.2 Å². The minimum absolute atomic E-state index is 0.505. The Kier molecular flexibility index (Phi) is 5.27. The lowest BCUT2D eigenvalue weighted by atomic mass is 10.0. The minimum atomic E-state index is 0.505.